The Labute approximate surface area is 101 Å². The number of amides is 1. The quantitative estimate of drug-likeness (QED) is 0.578. The minimum absolute atomic E-state index is 0.131. The van der Waals surface area contributed by atoms with Crippen molar-refractivity contribution in [1.82, 2.24) is 0 Å². The standard InChI is InChI=1S/C13H16N2O2/c1-10(9-16)2-7-13(17)15-12-5-3-11(8-14)4-6-12/h3-6,9H,1-2,7-8,14H2,(H,15,17). The number of aldehydes is 1. The molecule has 0 heterocycles. The molecular formula is C13H16N2O2. The number of hydrogen-bond acceptors (Lipinski definition) is 3. The van der Waals surface area contributed by atoms with Gasteiger partial charge in [-0.05, 0) is 29.7 Å². The molecule has 90 valence electrons. The maximum Gasteiger partial charge on any atom is 0.224 e. The van der Waals surface area contributed by atoms with Crippen molar-refractivity contribution in [2.75, 3.05) is 5.32 Å². The van der Waals surface area contributed by atoms with E-state index in [0.717, 1.165) is 11.3 Å². The Bertz CT molecular complexity index is 410. The van der Waals surface area contributed by atoms with Crippen LogP contribution in [0.2, 0.25) is 0 Å². The van der Waals surface area contributed by atoms with Crippen molar-refractivity contribution in [3.8, 4) is 0 Å². The van der Waals surface area contributed by atoms with Crippen LogP contribution in [0, 0.1) is 0 Å². The predicted octanol–water partition coefficient (Wildman–Crippen LogP) is 1.62. The van der Waals surface area contributed by atoms with Crippen LogP contribution in [0.1, 0.15) is 18.4 Å². The summed E-state index contributed by atoms with van der Waals surface area (Å²) in [6.45, 7) is 3.99. The van der Waals surface area contributed by atoms with Crippen molar-refractivity contribution in [3.63, 3.8) is 0 Å². The van der Waals surface area contributed by atoms with E-state index in [2.05, 4.69) is 11.9 Å². The van der Waals surface area contributed by atoms with Crippen molar-refractivity contribution in [2.45, 2.75) is 19.4 Å². The Balaban J connectivity index is 2.44. The molecule has 1 aromatic rings. The fourth-order valence-electron chi connectivity index (χ4n) is 1.28. The van der Waals surface area contributed by atoms with Crippen LogP contribution in [0.5, 0.6) is 0 Å². The van der Waals surface area contributed by atoms with E-state index in [0.29, 0.717) is 24.8 Å². The lowest BCUT2D eigenvalue weighted by molar-refractivity contribution is -0.116. The normalized spacial score (nSPS) is 9.71. The van der Waals surface area contributed by atoms with Gasteiger partial charge in [0.1, 0.15) is 6.29 Å². The molecule has 0 radical (unpaired) electrons. The molecule has 0 aromatic heterocycles. The van der Waals surface area contributed by atoms with E-state index >= 15 is 0 Å². The number of benzene rings is 1. The Morgan fingerprint density at radius 2 is 1.94 bits per heavy atom. The van der Waals surface area contributed by atoms with E-state index in [4.69, 9.17) is 5.73 Å². The van der Waals surface area contributed by atoms with Crippen molar-refractivity contribution in [2.24, 2.45) is 5.73 Å². The largest absolute Gasteiger partial charge is 0.326 e. The first kappa shape index (κ1) is 13.1. The summed E-state index contributed by atoms with van der Waals surface area (Å²) in [4.78, 5) is 21.8. The lowest BCUT2D eigenvalue weighted by atomic mass is 10.1. The fraction of sp³-hybridized carbons (Fsp3) is 0.231. The molecule has 0 unspecified atom stereocenters. The van der Waals surface area contributed by atoms with Crippen LogP contribution in [0.15, 0.2) is 36.4 Å². The number of nitrogens with one attached hydrogen (secondary N) is 1. The van der Waals surface area contributed by atoms with E-state index in [-0.39, 0.29) is 12.3 Å². The summed E-state index contributed by atoms with van der Waals surface area (Å²) in [5.41, 5.74) is 7.63. The molecule has 0 atom stereocenters. The number of anilines is 1. The molecule has 1 aromatic carbocycles. The van der Waals surface area contributed by atoms with Crippen LogP contribution in [-0.4, -0.2) is 12.2 Å². The van der Waals surface area contributed by atoms with E-state index in [1.54, 1.807) is 12.1 Å². The van der Waals surface area contributed by atoms with Crippen LogP contribution in [0.3, 0.4) is 0 Å². The maximum atomic E-state index is 11.5. The van der Waals surface area contributed by atoms with Crippen molar-refractivity contribution in [3.05, 3.63) is 42.0 Å². The van der Waals surface area contributed by atoms with Crippen LogP contribution in [-0.2, 0) is 16.1 Å². The van der Waals surface area contributed by atoms with Gasteiger partial charge in [-0.1, -0.05) is 18.7 Å². The van der Waals surface area contributed by atoms with E-state index in [1.807, 2.05) is 12.1 Å². The molecule has 1 amide bonds. The third-order valence-corrected chi connectivity index (χ3v) is 2.31. The lowest BCUT2D eigenvalue weighted by Gasteiger charge is -2.05. The van der Waals surface area contributed by atoms with Gasteiger partial charge in [-0.15, -0.1) is 0 Å². The van der Waals surface area contributed by atoms with Gasteiger partial charge in [-0.3, -0.25) is 9.59 Å². The summed E-state index contributed by atoms with van der Waals surface area (Å²) in [5, 5.41) is 2.74. The van der Waals surface area contributed by atoms with Gasteiger partial charge in [0.15, 0.2) is 0 Å². The van der Waals surface area contributed by atoms with E-state index in [9.17, 15) is 9.59 Å². The molecule has 1 rings (SSSR count). The minimum Gasteiger partial charge on any atom is -0.326 e. The summed E-state index contributed by atoms with van der Waals surface area (Å²) in [6, 6.07) is 7.32. The van der Waals surface area contributed by atoms with Crippen LogP contribution >= 0.6 is 0 Å². The summed E-state index contributed by atoms with van der Waals surface area (Å²) in [7, 11) is 0. The van der Waals surface area contributed by atoms with Gasteiger partial charge in [0, 0.05) is 18.7 Å². The Hall–Kier alpha value is -1.94. The second-order valence-corrected chi connectivity index (χ2v) is 3.73. The van der Waals surface area contributed by atoms with Gasteiger partial charge in [-0.25, -0.2) is 0 Å². The zero-order chi connectivity index (χ0) is 12.7. The Kier molecular flexibility index (Phi) is 5.10. The van der Waals surface area contributed by atoms with Crippen LogP contribution in [0.25, 0.3) is 0 Å². The van der Waals surface area contributed by atoms with Crippen molar-refractivity contribution < 1.29 is 9.59 Å². The average molecular weight is 232 g/mol. The monoisotopic (exact) mass is 232 g/mol. The van der Waals surface area contributed by atoms with Crippen molar-refractivity contribution >= 4 is 17.9 Å². The molecule has 0 aliphatic carbocycles. The van der Waals surface area contributed by atoms with Crippen LogP contribution < -0.4 is 11.1 Å². The van der Waals surface area contributed by atoms with E-state index in [1.165, 1.54) is 0 Å². The molecule has 0 fully saturated rings. The maximum absolute atomic E-state index is 11.5. The number of nitrogens with two attached hydrogens (primary N) is 1. The molecule has 0 saturated heterocycles. The number of carbonyl (C=O) groups excluding carboxylic acids is 2. The summed E-state index contributed by atoms with van der Waals surface area (Å²) in [6.07, 6.45) is 1.32. The molecule has 17 heavy (non-hydrogen) atoms. The summed E-state index contributed by atoms with van der Waals surface area (Å²) >= 11 is 0. The molecule has 0 saturated carbocycles. The number of rotatable bonds is 6. The highest BCUT2D eigenvalue weighted by atomic mass is 16.1. The van der Waals surface area contributed by atoms with Crippen molar-refractivity contribution in [1.29, 1.82) is 0 Å². The topological polar surface area (TPSA) is 72.2 Å². The number of allylic oxidation sites excluding steroid dienone is 1. The fourth-order valence-corrected chi connectivity index (χ4v) is 1.28. The third kappa shape index (κ3) is 4.61. The van der Waals surface area contributed by atoms with Gasteiger partial charge >= 0.3 is 0 Å². The molecule has 0 aliphatic heterocycles. The average Bonchev–Trinajstić information content (AvgIpc) is 2.36. The molecule has 0 aliphatic rings. The minimum atomic E-state index is -0.131. The molecular weight excluding hydrogens is 216 g/mol. The predicted molar refractivity (Wildman–Crippen MR) is 67.4 cm³/mol. The Morgan fingerprint density at radius 3 is 2.47 bits per heavy atom. The van der Waals surface area contributed by atoms with Gasteiger partial charge in [0.25, 0.3) is 0 Å². The summed E-state index contributed by atoms with van der Waals surface area (Å²) < 4.78 is 0. The van der Waals surface area contributed by atoms with E-state index < -0.39 is 0 Å². The highest BCUT2D eigenvalue weighted by molar-refractivity contribution is 5.91. The van der Waals surface area contributed by atoms with Gasteiger partial charge in [-0.2, -0.15) is 0 Å². The number of carbonyl (C=O) groups is 2. The summed E-state index contributed by atoms with van der Waals surface area (Å²) in [5.74, 6) is -0.131. The Morgan fingerprint density at radius 1 is 1.29 bits per heavy atom. The zero-order valence-electron chi connectivity index (χ0n) is 9.61. The first-order valence-electron chi connectivity index (χ1n) is 5.37. The third-order valence-electron chi connectivity index (χ3n) is 2.31. The molecule has 0 spiro atoms. The lowest BCUT2D eigenvalue weighted by Crippen LogP contribution is -2.11. The first-order chi connectivity index (χ1) is 8.15. The zero-order valence-corrected chi connectivity index (χ0v) is 9.61. The highest BCUT2D eigenvalue weighted by Crippen LogP contribution is 2.10. The first-order valence-corrected chi connectivity index (χ1v) is 5.37. The van der Waals surface area contributed by atoms with Gasteiger partial charge in [0.05, 0.1) is 0 Å². The SMILES string of the molecule is C=C(C=O)CCC(=O)Nc1ccc(CN)cc1. The molecule has 4 heteroatoms. The van der Waals surface area contributed by atoms with Crippen LogP contribution in [0.4, 0.5) is 5.69 Å². The second-order valence-electron chi connectivity index (χ2n) is 3.73. The molecule has 0 bridgehead atoms. The smallest absolute Gasteiger partial charge is 0.224 e. The molecule has 3 N–H and O–H groups in total. The highest BCUT2D eigenvalue weighted by Gasteiger charge is 2.03. The molecule has 4 nitrogen and oxygen atoms in total. The second kappa shape index (κ2) is 6.60. The number of hydrogen-bond donors (Lipinski definition) is 2. The van der Waals surface area contributed by atoms with Gasteiger partial charge < -0.3 is 11.1 Å². The van der Waals surface area contributed by atoms with Gasteiger partial charge in [0.2, 0.25) is 5.91 Å².